The molecule has 0 amide bonds. The number of aryl methyl sites for hydroxylation is 1. The van der Waals surface area contributed by atoms with Crippen LogP contribution in [0.15, 0.2) is 30.8 Å². The second kappa shape index (κ2) is 4.70. The molecule has 0 spiro atoms. The molecule has 0 saturated heterocycles. The second-order valence-electron chi connectivity index (χ2n) is 3.27. The quantitative estimate of drug-likeness (QED) is 0.741. The molecule has 0 aromatic heterocycles. The molecule has 1 aromatic carbocycles. The van der Waals surface area contributed by atoms with Gasteiger partial charge in [-0.2, -0.15) is 0 Å². The lowest BCUT2D eigenvalue weighted by molar-refractivity contribution is 0.824. The molecule has 0 heterocycles. The van der Waals surface area contributed by atoms with Gasteiger partial charge < -0.3 is 5.32 Å². The minimum atomic E-state index is 0.993. The van der Waals surface area contributed by atoms with Gasteiger partial charge in [0.25, 0.3) is 0 Å². The van der Waals surface area contributed by atoms with E-state index in [2.05, 4.69) is 50.0 Å². The van der Waals surface area contributed by atoms with Gasteiger partial charge in [0.05, 0.1) is 0 Å². The van der Waals surface area contributed by atoms with Crippen LogP contribution in [0.25, 0.3) is 5.70 Å². The summed E-state index contributed by atoms with van der Waals surface area (Å²) in [4.78, 5) is 0. The Morgan fingerprint density at radius 2 is 2.23 bits per heavy atom. The number of benzene rings is 1. The van der Waals surface area contributed by atoms with E-state index in [0.29, 0.717) is 0 Å². The van der Waals surface area contributed by atoms with Gasteiger partial charge in [-0.05, 0) is 25.0 Å². The molecular weight excluding hydrogens is 158 g/mol. The van der Waals surface area contributed by atoms with Gasteiger partial charge in [0.1, 0.15) is 0 Å². The van der Waals surface area contributed by atoms with E-state index in [9.17, 15) is 0 Å². The lowest BCUT2D eigenvalue weighted by Crippen LogP contribution is -2.11. The summed E-state index contributed by atoms with van der Waals surface area (Å²) >= 11 is 0. The van der Waals surface area contributed by atoms with E-state index in [1.165, 1.54) is 11.1 Å². The summed E-state index contributed by atoms with van der Waals surface area (Å²) in [6.45, 7) is 9.23. The van der Waals surface area contributed by atoms with Crippen molar-refractivity contribution in [2.24, 2.45) is 0 Å². The van der Waals surface area contributed by atoms with E-state index in [1.807, 2.05) is 0 Å². The zero-order chi connectivity index (χ0) is 9.68. The zero-order valence-corrected chi connectivity index (χ0v) is 8.43. The Kier molecular flexibility index (Phi) is 3.56. The lowest BCUT2D eigenvalue weighted by Gasteiger charge is -2.08. The Balaban J connectivity index is 2.66. The molecule has 0 aliphatic heterocycles. The van der Waals surface area contributed by atoms with E-state index in [1.54, 1.807) is 0 Å². The average Bonchev–Trinajstić information content (AvgIpc) is 2.14. The topological polar surface area (TPSA) is 12.0 Å². The maximum Gasteiger partial charge on any atom is 0.0340 e. The number of hydrogen-bond acceptors (Lipinski definition) is 1. The fraction of sp³-hybridized carbons (Fsp3) is 0.333. The maximum atomic E-state index is 3.99. The summed E-state index contributed by atoms with van der Waals surface area (Å²) in [6, 6.07) is 8.38. The van der Waals surface area contributed by atoms with Crippen LogP contribution in [0.4, 0.5) is 0 Å². The largest absolute Gasteiger partial charge is 0.385 e. The molecule has 0 saturated carbocycles. The molecule has 0 aliphatic rings. The minimum absolute atomic E-state index is 0.993. The van der Waals surface area contributed by atoms with E-state index in [-0.39, 0.29) is 0 Å². The standard InChI is InChI=1S/C12H17N/c1-4-8-13-11(3)12-7-5-6-10(2)9-12/h5-7,9,13H,3-4,8H2,1-2H3. The van der Waals surface area contributed by atoms with Crippen molar-refractivity contribution in [1.29, 1.82) is 0 Å². The van der Waals surface area contributed by atoms with Crippen LogP contribution in [0, 0.1) is 6.92 Å². The molecule has 13 heavy (non-hydrogen) atoms. The van der Waals surface area contributed by atoms with Gasteiger partial charge in [-0.15, -0.1) is 0 Å². The van der Waals surface area contributed by atoms with Gasteiger partial charge in [-0.3, -0.25) is 0 Å². The maximum absolute atomic E-state index is 3.99. The lowest BCUT2D eigenvalue weighted by atomic mass is 10.1. The molecule has 1 N–H and O–H groups in total. The third-order valence-electron chi connectivity index (χ3n) is 1.95. The van der Waals surface area contributed by atoms with Crippen molar-refractivity contribution in [2.45, 2.75) is 20.3 Å². The summed E-state index contributed by atoms with van der Waals surface area (Å²) in [6.07, 6.45) is 1.13. The molecule has 0 atom stereocenters. The molecule has 1 heteroatoms. The predicted octanol–water partition coefficient (Wildman–Crippen LogP) is 2.97. The number of nitrogens with one attached hydrogen (secondary N) is 1. The monoisotopic (exact) mass is 175 g/mol. The Bertz CT molecular complexity index is 289. The molecular formula is C12H17N. The van der Waals surface area contributed by atoms with Gasteiger partial charge in [-0.1, -0.05) is 37.3 Å². The minimum Gasteiger partial charge on any atom is -0.385 e. The molecule has 0 unspecified atom stereocenters. The Hall–Kier alpha value is -1.24. The molecule has 70 valence electrons. The van der Waals surface area contributed by atoms with Crippen LogP contribution >= 0.6 is 0 Å². The summed E-state index contributed by atoms with van der Waals surface area (Å²) in [5.74, 6) is 0. The summed E-state index contributed by atoms with van der Waals surface area (Å²) < 4.78 is 0. The fourth-order valence-electron chi connectivity index (χ4n) is 1.21. The van der Waals surface area contributed by atoms with Crippen molar-refractivity contribution in [1.82, 2.24) is 5.32 Å². The summed E-state index contributed by atoms with van der Waals surface area (Å²) in [5, 5.41) is 3.28. The van der Waals surface area contributed by atoms with Crippen LogP contribution in [-0.2, 0) is 0 Å². The van der Waals surface area contributed by atoms with Crippen molar-refractivity contribution in [3.8, 4) is 0 Å². The summed E-state index contributed by atoms with van der Waals surface area (Å²) in [5.41, 5.74) is 3.48. The van der Waals surface area contributed by atoms with Crippen LogP contribution in [0.3, 0.4) is 0 Å². The predicted molar refractivity (Wildman–Crippen MR) is 58.5 cm³/mol. The Morgan fingerprint density at radius 3 is 2.85 bits per heavy atom. The fourth-order valence-corrected chi connectivity index (χ4v) is 1.21. The van der Waals surface area contributed by atoms with Crippen LogP contribution in [0.1, 0.15) is 24.5 Å². The Labute approximate surface area is 80.5 Å². The highest BCUT2D eigenvalue weighted by Crippen LogP contribution is 2.10. The molecule has 1 nitrogen and oxygen atoms in total. The summed E-state index contributed by atoms with van der Waals surface area (Å²) in [7, 11) is 0. The number of hydrogen-bond donors (Lipinski definition) is 1. The zero-order valence-electron chi connectivity index (χ0n) is 8.43. The van der Waals surface area contributed by atoms with Crippen LogP contribution in [0.5, 0.6) is 0 Å². The van der Waals surface area contributed by atoms with Gasteiger partial charge >= 0.3 is 0 Å². The Morgan fingerprint density at radius 1 is 1.46 bits per heavy atom. The molecule has 0 fully saturated rings. The van der Waals surface area contributed by atoms with Crippen LogP contribution in [-0.4, -0.2) is 6.54 Å². The van der Waals surface area contributed by atoms with Crippen LogP contribution < -0.4 is 5.32 Å². The average molecular weight is 175 g/mol. The van der Waals surface area contributed by atoms with Gasteiger partial charge in [0.15, 0.2) is 0 Å². The van der Waals surface area contributed by atoms with Crippen molar-refractivity contribution in [2.75, 3.05) is 6.54 Å². The highest BCUT2D eigenvalue weighted by Gasteiger charge is 1.96. The SMILES string of the molecule is C=C(NCCC)c1cccc(C)c1. The highest BCUT2D eigenvalue weighted by molar-refractivity contribution is 5.61. The van der Waals surface area contributed by atoms with E-state index < -0.39 is 0 Å². The first kappa shape index (κ1) is 9.85. The third-order valence-corrected chi connectivity index (χ3v) is 1.95. The third kappa shape index (κ3) is 2.94. The van der Waals surface area contributed by atoms with E-state index >= 15 is 0 Å². The number of rotatable bonds is 4. The smallest absolute Gasteiger partial charge is 0.0340 e. The van der Waals surface area contributed by atoms with Gasteiger partial charge in [0.2, 0.25) is 0 Å². The van der Waals surface area contributed by atoms with Crippen molar-refractivity contribution in [3.05, 3.63) is 42.0 Å². The molecule has 0 aliphatic carbocycles. The van der Waals surface area contributed by atoms with E-state index in [0.717, 1.165) is 18.7 Å². The first-order valence-electron chi connectivity index (χ1n) is 4.74. The second-order valence-corrected chi connectivity index (χ2v) is 3.27. The molecule has 1 aromatic rings. The van der Waals surface area contributed by atoms with Crippen molar-refractivity contribution < 1.29 is 0 Å². The molecule has 1 rings (SSSR count). The molecule has 0 bridgehead atoms. The van der Waals surface area contributed by atoms with Crippen molar-refractivity contribution >= 4 is 5.70 Å². The first-order valence-corrected chi connectivity index (χ1v) is 4.74. The van der Waals surface area contributed by atoms with Gasteiger partial charge in [-0.25, -0.2) is 0 Å². The van der Waals surface area contributed by atoms with Crippen molar-refractivity contribution in [3.63, 3.8) is 0 Å². The normalized spacial score (nSPS) is 9.69. The first-order chi connectivity index (χ1) is 6.24. The van der Waals surface area contributed by atoms with E-state index in [4.69, 9.17) is 0 Å². The molecule has 0 radical (unpaired) electrons. The van der Waals surface area contributed by atoms with Crippen LogP contribution in [0.2, 0.25) is 0 Å². The van der Waals surface area contributed by atoms with Gasteiger partial charge in [0, 0.05) is 12.2 Å². The highest BCUT2D eigenvalue weighted by atomic mass is 14.9.